The first kappa shape index (κ1) is 12.3. The number of para-hydroxylation sites is 1. The summed E-state index contributed by atoms with van der Waals surface area (Å²) in [5.74, 6) is 0.118. The average molecular weight is 247 g/mol. The molecule has 1 aromatic heterocycles. The van der Waals surface area contributed by atoms with Crippen LogP contribution in [0.4, 0.5) is 10.1 Å². The van der Waals surface area contributed by atoms with E-state index in [1.807, 2.05) is 6.92 Å². The van der Waals surface area contributed by atoms with Gasteiger partial charge < -0.3 is 10.2 Å². The molecule has 0 aliphatic rings. The maximum Gasteiger partial charge on any atom is 0.219 e. The van der Waals surface area contributed by atoms with Crippen molar-refractivity contribution in [3.05, 3.63) is 47.9 Å². The van der Waals surface area contributed by atoms with E-state index in [0.29, 0.717) is 5.88 Å². The van der Waals surface area contributed by atoms with Crippen molar-refractivity contribution in [3.8, 4) is 11.6 Å². The van der Waals surface area contributed by atoms with Crippen molar-refractivity contribution in [2.45, 2.75) is 6.92 Å². The Bertz CT molecular complexity index is 546. The second kappa shape index (κ2) is 5.46. The number of hydrogen-bond donors (Lipinski definition) is 2. The second-order valence-corrected chi connectivity index (χ2v) is 3.74. The SMILES string of the molecule is CNNc1cnc(Oc2ccccc2F)cc1C. The molecule has 0 bridgehead atoms. The Morgan fingerprint density at radius 1 is 1.28 bits per heavy atom. The number of nitrogens with one attached hydrogen (secondary N) is 2. The maximum atomic E-state index is 13.4. The number of halogens is 1. The molecular formula is C13H14FN3O. The molecule has 0 saturated heterocycles. The molecule has 0 saturated carbocycles. The van der Waals surface area contributed by atoms with Gasteiger partial charge in [0, 0.05) is 13.1 Å². The van der Waals surface area contributed by atoms with Gasteiger partial charge in [-0.05, 0) is 24.6 Å². The van der Waals surface area contributed by atoms with Crippen molar-refractivity contribution >= 4 is 5.69 Å². The number of benzene rings is 1. The quantitative estimate of drug-likeness (QED) is 0.815. The fraction of sp³-hybridized carbons (Fsp3) is 0.154. The lowest BCUT2D eigenvalue weighted by Crippen LogP contribution is -2.16. The monoisotopic (exact) mass is 247 g/mol. The molecule has 0 fully saturated rings. The van der Waals surface area contributed by atoms with Crippen molar-refractivity contribution in [1.29, 1.82) is 0 Å². The van der Waals surface area contributed by atoms with E-state index in [1.54, 1.807) is 37.5 Å². The number of anilines is 1. The van der Waals surface area contributed by atoms with Crippen molar-refractivity contribution < 1.29 is 9.13 Å². The highest BCUT2D eigenvalue weighted by atomic mass is 19.1. The molecule has 4 nitrogen and oxygen atoms in total. The molecule has 0 atom stereocenters. The van der Waals surface area contributed by atoms with Crippen LogP contribution in [0, 0.1) is 12.7 Å². The van der Waals surface area contributed by atoms with Crippen molar-refractivity contribution in [2.75, 3.05) is 12.5 Å². The lowest BCUT2D eigenvalue weighted by Gasteiger charge is -2.10. The summed E-state index contributed by atoms with van der Waals surface area (Å²) < 4.78 is 18.8. The Balaban J connectivity index is 2.20. The number of hydrogen-bond acceptors (Lipinski definition) is 4. The Morgan fingerprint density at radius 2 is 2.06 bits per heavy atom. The largest absolute Gasteiger partial charge is 0.436 e. The molecule has 2 N–H and O–H groups in total. The number of nitrogens with zero attached hydrogens (tertiary/aromatic N) is 1. The molecule has 0 spiro atoms. The van der Waals surface area contributed by atoms with Gasteiger partial charge in [-0.15, -0.1) is 0 Å². The van der Waals surface area contributed by atoms with Gasteiger partial charge in [0.1, 0.15) is 0 Å². The molecule has 0 aliphatic heterocycles. The Labute approximate surface area is 105 Å². The van der Waals surface area contributed by atoms with E-state index < -0.39 is 5.82 Å². The van der Waals surface area contributed by atoms with Crippen LogP contribution in [0.15, 0.2) is 36.5 Å². The van der Waals surface area contributed by atoms with Crippen LogP contribution in [0.1, 0.15) is 5.56 Å². The minimum atomic E-state index is -0.408. The highest BCUT2D eigenvalue weighted by molar-refractivity contribution is 5.49. The molecule has 0 aliphatic carbocycles. The van der Waals surface area contributed by atoms with Crippen molar-refractivity contribution in [3.63, 3.8) is 0 Å². The summed E-state index contributed by atoms with van der Waals surface area (Å²) in [5, 5.41) is 0. The third kappa shape index (κ3) is 2.75. The third-order valence-electron chi connectivity index (χ3n) is 2.40. The van der Waals surface area contributed by atoms with E-state index >= 15 is 0 Å². The van der Waals surface area contributed by atoms with Crippen LogP contribution >= 0.6 is 0 Å². The molecule has 94 valence electrons. The standard InChI is InChI=1S/C13H14FN3O/c1-9-7-13(16-8-11(9)17-15-2)18-12-6-4-3-5-10(12)14/h3-8,15,17H,1-2H3. The zero-order chi connectivity index (χ0) is 13.0. The molecule has 2 rings (SSSR count). The summed E-state index contributed by atoms with van der Waals surface area (Å²) in [5.41, 5.74) is 7.54. The predicted molar refractivity (Wildman–Crippen MR) is 68.1 cm³/mol. The van der Waals surface area contributed by atoms with Gasteiger partial charge in [0.05, 0.1) is 11.9 Å². The third-order valence-corrected chi connectivity index (χ3v) is 2.40. The van der Waals surface area contributed by atoms with Gasteiger partial charge in [0.25, 0.3) is 0 Å². The van der Waals surface area contributed by atoms with Gasteiger partial charge in [-0.25, -0.2) is 14.8 Å². The fourth-order valence-electron chi connectivity index (χ4n) is 1.49. The number of ether oxygens (including phenoxy) is 1. The minimum absolute atomic E-state index is 0.165. The summed E-state index contributed by atoms with van der Waals surface area (Å²) in [7, 11) is 1.77. The van der Waals surface area contributed by atoms with Gasteiger partial charge in [-0.2, -0.15) is 0 Å². The highest BCUT2D eigenvalue weighted by Gasteiger charge is 2.06. The zero-order valence-electron chi connectivity index (χ0n) is 10.2. The first-order valence-corrected chi connectivity index (χ1v) is 5.52. The summed E-state index contributed by atoms with van der Waals surface area (Å²) >= 11 is 0. The fourth-order valence-corrected chi connectivity index (χ4v) is 1.49. The van der Waals surface area contributed by atoms with Crippen molar-refractivity contribution in [1.82, 2.24) is 10.4 Å². The Hall–Kier alpha value is -2.14. The van der Waals surface area contributed by atoms with Crippen LogP contribution in [0.25, 0.3) is 0 Å². The Kier molecular flexibility index (Phi) is 3.74. The van der Waals surface area contributed by atoms with E-state index in [2.05, 4.69) is 15.8 Å². The van der Waals surface area contributed by atoms with Crippen LogP contribution in [0.2, 0.25) is 0 Å². The van der Waals surface area contributed by atoms with Gasteiger partial charge >= 0.3 is 0 Å². The number of hydrazine groups is 1. The number of aromatic nitrogens is 1. The lowest BCUT2D eigenvalue weighted by molar-refractivity contribution is 0.427. The molecular weight excluding hydrogens is 233 g/mol. The van der Waals surface area contributed by atoms with E-state index in [4.69, 9.17) is 4.74 Å². The zero-order valence-corrected chi connectivity index (χ0v) is 10.2. The summed E-state index contributed by atoms with van der Waals surface area (Å²) in [6, 6.07) is 7.97. The molecule has 0 amide bonds. The van der Waals surface area contributed by atoms with Crippen LogP contribution < -0.4 is 15.6 Å². The normalized spacial score (nSPS) is 10.2. The molecule has 2 aromatic rings. The van der Waals surface area contributed by atoms with Crippen LogP contribution in [-0.2, 0) is 0 Å². The van der Waals surface area contributed by atoms with Gasteiger partial charge in [-0.3, -0.25) is 0 Å². The highest BCUT2D eigenvalue weighted by Crippen LogP contribution is 2.24. The smallest absolute Gasteiger partial charge is 0.219 e. The average Bonchev–Trinajstić information content (AvgIpc) is 2.36. The van der Waals surface area contributed by atoms with E-state index in [0.717, 1.165) is 11.3 Å². The topological polar surface area (TPSA) is 46.2 Å². The molecule has 1 aromatic carbocycles. The van der Waals surface area contributed by atoms with E-state index in [9.17, 15) is 4.39 Å². The van der Waals surface area contributed by atoms with Gasteiger partial charge in [0.15, 0.2) is 11.6 Å². The van der Waals surface area contributed by atoms with Gasteiger partial charge in [-0.1, -0.05) is 12.1 Å². The number of pyridine rings is 1. The summed E-state index contributed by atoms with van der Waals surface area (Å²) in [6.07, 6.45) is 1.63. The predicted octanol–water partition coefficient (Wildman–Crippen LogP) is 2.87. The molecule has 0 unspecified atom stereocenters. The van der Waals surface area contributed by atoms with Crippen LogP contribution in [0.3, 0.4) is 0 Å². The molecule has 5 heteroatoms. The second-order valence-electron chi connectivity index (χ2n) is 3.74. The van der Waals surface area contributed by atoms with Crippen LogP contribution in [-0.4, -0.2) is 12.0 Å². The Morgan fingerprint density at radius 3 is 2.72 bits per heavy atom. The van der Waals surface area contributed by atoms with E-state index in [-0.39, 0.29) is 5.75 Å². The molecule has 18 heavy (non-hydrogen) atoms. The first-order chi connectivity index (χ1) is 8.70. The molecule has 0 radical (unpaired) electrons. The summed E-state index contributed by atoms with van der Waals surface area (Å²) in [6.45, 7) is 1.91. The number of aryl methyl sites for hydroxylation is 1. The van der Waals surface area contributed by atoms with Crippen LogP contribution in [0.5, 0.6) is 11.6 Å². The lowest BCUT2D eigenvalue weighted by atomic mass is 10.2. The molecule has 1 heterocycles. The van der Waals surface area contributed by atoms with E-state index in [1.165, 1.54) is 6.07 Å². The minimum Gasteiger partial charge on any atom is -0.436 e. The van der Waals surface area contributed by atoms with Gasteiger partial charge in [0.2, 0.25) is 5.88 Å². The van der Waals surface area contributed by atoms with Crippen molar-refractivity contribution in [2.24, 2.45) is 0 Å². The number of rotatable bonds is 4. The maximum absolute atomic E-state index is 13.4. The first-order valence-electron chi connectivity index (χ1n) is 5.52. The summed E-state index contributed by atoms with van der Waals surface area (Å²) in [4.78, 5) is 4.10.